The minimum atomic E-state index is -0.518. The number of urea groups is 1. The Hall–Kier alpha value is -2.84. The molecule has 0 bridgehead atoms. The van der Waals surface area contributed by atoms with E-state index >= 15 is 0 Å². The fraction of sp³-hybridized carbons (Fsp3) is 0.273. The highest BCUT2D eigenvalue weighted by atomic mass is 35.5. The molecule has 7 nitrogen and oxygen atoms in total. The topological polar surface area (TPSA) is 80.1 Å². The molecule has 1 fully saturated rings. The average Bonchev–Trinajstić information content (AvgIpc) is 3.35. The van der Waals surface area contributed by atoms with Gasteiger partial charge in [0.25, 0.3) is 0 Å². The van der Waals surface area contributed by atoms with Gasteiger partial charge >= 0.3 is 6.03 Å². The molecule has 2 aromatic carbocycles. The van der Waals surface area contributed by atoms with E-state index in [9.17, 15) is 9.59 Å². The number of benzene rings is 2. The van der Waals surface area contributed by atoms with E-state index in [0.29, 0.717) is 29.1 Å². The highest BCUT2D eigenvalue weighted by molar-refractivity contribution is 8.00. The standard InChI is InChI=1S/C22H22ClN5O2S/c1-13-8-9-14(2)18(12-13)28-19(16-6-4-5-7-17(16)23)25-26-22(28)31-15(3)20(29)27-11-10-24-21(27)30/h4-9,12,15H,10-11H2,1-3H3,(H,24,30)/t15-/m0/s1. The molecule has 160 valence electrons. The van der Waals surface area contributed by atoms with Crippen molar-refractivity contribution in [3.8, 4) is 17.1 Å². The molecule has 2 heterocycles. The lowest BCUT2D eigenvalue weighted by atomic mass is 10.1. The number of carbonyl (C=O) groups is 2. The fourth-order valence-corrected chi connectivity index (χ4v) is 4.59. The Kier molecular flexibility index (Phi) is 6.02. The van der Waals surface area contributed by atoms with Crippen molar-refractivity contribution in [1.82, 2.24) is 25.0 Å². The summed E-state index contributed by atoms with van der Waals surface area (Å²) in [5, 5.41) is 12.1. The smallest absolute Gasteiger partial charge is 0.324 e. The highest BCUT2D eigenvalue weighted by Crippen LogP contribution is 2.34. The van der Waals surface area contributed by atoms with Crippen LogP contribution in [-0.4, -0.2) is 49.9 Å². The summed E-state index contributed by atoms with van der Waals surface area (Å²) in [5.74, 6) is 0.343. The van der Waals surface area contributed by atoms with E-state index in [0.717, 1.165) is 22.4 Å². The number of rotatable bonds is 5. The normalized spacial score (nSPS) is 14.6. The molecule has 1 atom stereocenters. The van der Waals surface area contributed by atoms with E-state index in [4.69, 9.17) is 11.6 Å². The van der Waals surface area contributed by atoms with Crippen LogP contribution >= 0.6 is 23.4 Å². The van der Waals surface area contributed by atoms with E-state index in [2.05, 4.69) is 21.6 Å². The lowest BCUT2D eigenvalue weighted by Gasteiger charge is -2.18. The molecule has 0 spiro atoms. The monoisotopic (exact) mass is 455 g/mol. The minimum Gasteiger partial charge on any atom is -0.336 e. The van der Waals surface area contributed by atoms with Crippen LogP contribution in [0.3, 0.4) is 0 Å². The fourth-order valence-electron chi connectivity index (χ4n) is 3.45. The maximum atomic E-state index is 12.8. The van der Waals surface area contributed by atoms with Crippen molar-refractivity contribution in [1.29, 1.82) is 0 Å². The van der Waals surface area contributed by atoms with Gasteiger partial charge in [-0.25, -0.2) is 4.79 Å². The number of hydrogen-bond acceptors (Lipinski definition) is 5. The van der Waals surface area contributed by atoms with Crippen LogP contribution in [-0.2, 0) is 4.79 Å². The zero-order chi connectivity index (χ0) is 22.1. The molecule has 3 amide bonds. The van der Waals surface area contributed by atoms with E-state index in [1.807, 2.05) is 54.8 Å². The minimum absolute atomic E-state index is 0.255. The van der Waals surface area contributed by atoms with Crippen molar-refractivity contribution in [3.05, 3.63) is 58.6 Å². The third-order valence-electron chi connectivity index (χ3n) is 5.11. The zero-order valence-corrected chi connectivity index (χ0v) is 19.0. The van der Waals surface area contributed by atoms with Crippen LogP contribution in [0.25, 0.3) is 17.1 Å². The molecular formula is C22H22ClN5O2S. The van der Waals surface area contributed by atoms with Crippen LogP contribution in [0.4, 0.5) is 4.79 Å². The molecule has 1 aromatic heterocycles. The van der Waals surface area contributed by atoms with Gasteiger partial charge < -0.3 is 5.32 Å². The van der Waals surface area contributed by atoms with E-state index < -0.39 is 5.25 Å². The van der Waals surface area contributed by atoms with Crippen molar-refractivity contribution in [2.24, 2.45) is 0 Å². The summed E-state index contributed by atoms with van der Waals surface area (Å²) in [6, 6.07) is 13.3. The molecular weight excluding hydrogens is 434 g/mol. The number of aryl methyl sites for hydroxylation is 2. The first kappa shape index (κ1) is 21.4. The van der Waals surface area contributed by atoms with Gasteiger partial charge in [0.15, 0.2) is 11.0 Å². The maximum absolute atomic E-state index is 12.8. The first-order chi connectivity index (χ1) is 14.9. The molecule has 0 unspecified atom stereocenters. The number of thioether (sulfide) groups is 1. The number of aromatic nitrogens is 3. The van der Waals surface area contributed by atoms with Gasteiger partial charge in [0.05, 0.1) is 16.0 Å². The summed E-state index contributed by atoms with van der Waals surface area (Å²) < 4.78 is 1.93. The van der Waals surface area contributed by atoms with Crippen LogP contribution in [0.5, 0.6) is 0 Å². The number of halogens is 1. The summed E-state index contributed by atoms with van der Waals surface area (Å²) in [5.41, 5.74) is 3.80. The number of nitrogens with one attached hydrogen (secondary N) is 1. The van der Waals surface area contributed by atoms with Crippen molar-refractivity contribution in [2.75, 3.05) is 13.1 Å². The number of amides is 3. The summed E-state index contributed by atoms with van der Waals surface area (Å²) in [6.45, 7) is 6.65. The molecule has 1 aliphatic rings. The Bertz CT molecular complexity index is 1160. The molecule has 1 saturated heterocycles. The number of imide groups is 1. The molecule has 1 aliphatic heterocycles. The number of hydrogen-bond donors (Lipinski definition) is 1. The predicted octanol–water partition coefficient (Wildman–Crippen LogP) is 4.24. The molecule has 1 N–H and O–H groups in total. The number of nitrogens with zero attached hydrogens (tertiary/aromatic N) is 4. The van der Waals surface area contributed by atoms with Gasteiger partial charge in [0, 0.05) is 18.7 Å². The molecule has 0 radical (unpaired) electrons. The van der Waals surface area contributed by atoms with Crippen molar-refractivity contribution in [3.63, 3.8) is 0 Å². The molecule has 0 saturated carbocycles. The Morgan fingerprint density at radius 1 is 1.19 bits per heavy atom. The van der Waals surface area contributed by atoms with E-state index in [1.165, 1.54) is 16.7 Å². The largest absolute Gasteiger partial charge is 0.336 e. The van der Waals surface area contributed by atoms with E-state index in [-0.39, 0.29) is 11.9 Å². The molecule has 31 heavy (non-hydrogen) atoms. The zero-order valence-electron chi connectivity index (χ0n) is 17.4. The average molecular weight is 456 g/mol. The number of carbonyl (C=O) groups excluding carboxylic acids is 2. The van der Waals surface area contributed by atoms with Gasteiger partial charge in [-0.05, 0) is 50.1 Å². The van der Waals surface area contributed by atoms with E-state index in [1.54, 1.807) is 6.92 Å². The van der Waals surface area contributed by atoms with Crippen LogP contribution in [0.2, 0.25) is 5.02 Å². The van der Waals surface area contributed by atoms with Gasteiger partial charge in [0.2, 0.25) is 5.91 Å². The lowest BCUT2D eigenvalue weighted by Crippen LogP contribution is -2.39. The van der Waals surface area contributed by atoms with Crippen LogP contribution in [0.1, 0.15) is 18.1 Å². The van der Waals surface area contributed by atoms with Gasteiger partial charge in [0.1, 0.15) is 0 Å². The van der Waals surface area contributed by atoms with Gasteiger partial charge in [-0.1, -0.05) is 47.6 Å². The predicted molar refractivity (Wildman–Crippen MR) is 122 cm³/mol. The highest BCUT2D eigenvalue weighted by Gasteiger charge is 2.31. The second-order valence-electron chi connectivity index (χ2n) is 7.39. The first-order valence-corrected chi connectivity index (χ1v) is 11.2. The van der Waals surface area contributed by atoms with Gasteiger partial charge in [-0.3, -0.25) is 14.3 Å². The molecule has 9 heteroatoms. The molecule has 4 rings (SSSR count). The van der Waals surface area contributed by atoms with Gasteiger partial charge in [-0.15, -0.1) is 10.2 Å². The molecule has 0 aliphatic carbocycles. The maximum Gasteiger partial charge on any atom is 0.324 e. The summed E-state index contributed by atoms with van der Waals surface area (Å²) >= 11 is 7.74. The Balaban J connectivity index is 1.78. The first-order valence-electron chi connectivity index (χ1n) is 9.90. The second-order valence-corrected chi connectivity index (χ2v) is 9.11. The third-order valence-corrected chi connectivity index (χ3v) is 6.47. The van der Waals surface area contributed by atoms with Crippen LogP contribution in [0.15, 0.2) is 47.6 Å². The van der Waals surface area contributed by atoms with Crippen LogP contribution < -0.4 is 5.32 Å². The second kappa shape index (κ2) is 8.72. The summed E-state index contributed by atoms with van der Waals surface area (Å²) in [7, 11) is 0. The SMILES string of the molecule is Cc1ccc(C)c(-n2c(S[C@@H](C)C(=O)N3CCNC3=O)nnc2-c2ccccc2Cl)c1. The van der Waals surface area contributed by atoms with Crippen molar-refractivity contribution in [2.45, 2.75) is 31.2 Å². The summed E-state index contributed by atoms with van der Waals surface area (Å²) in [6.07, 6.45) is 0. The van der Waals surface area contributed by atoms with Crippen molar-refractivity contribution >= 4 is 35.3 Å². The Labute approximate surface area is 189 Å². The summed E-state index contributed by atoms with van der Waals surface area (Å²) in [4.78, 5) is 26.0. The Morgan fingerprint density at radius 3 is 2.68 bits per heavy atom. The van der Waals surface area contributed by atoms with Gasteiger partial charge in [-0.2, -0.15) is 0 Å². The Morgan fingerprint density at radius 2 is 1.97 bits per heavy atom. The van der Waals surface area contributed by atoms with Crippen LogP contribution in [0, 0.1) is 13.8 Å². The third kappa shape index (κ3) is 4.18. The quantitative estimate of drug-likeness (QED) is 0.582. The lowest BCUT2D eigenvalue weighted by molar-refractivity contribution is -0.126. The van der Waals surface area contributed by atoms with Crippen molar-refractivity contribution < 1.29 is 9.59 Å². The molecule has 3 aromatic rings.